The van der Waals surface area contributed by atoms with E-state index in [9.17, 15) is 19.8 Å². The lowest BCUT2D eigenvalue weighted by molar-refractivity contribution is -0.113. The molecule has 0 radical (unpaired) electrons. The van der Waals surface area contributed by atoms with Gasteiger partial charge in [-0.2, -0.15) is 0 Å². The minimum absolute atomic E-state index is 0.00656. The van der Waals surface area contributed by atoms with Crippen LogP contribution in [0.4, 0.5) is 5.69 Å². The summed E-state index contributed by atoms with van der Waals surface area (Å²) in [6.07, 6.45) is 9.16. The Morgan fingerprint density at radius 2 is 1.55 bits per heavy atom. The summed E-state index contributed by atoms with van der Waals surface area (Å²) in [5, 5.41) is 26.9. The molecule has 2 aromatic carbocycles. The second-order valence-corrected chi connectivity index (χ2v) is 12.2. The molecule has 7 heteroatoms. The van der Waals surface area contributed by atoms with Crippen LogP contribution in [-0.2, 0) is 20.5 Å². The molecule has 1 amide bonds. The van der Waals surface area contributed by atoms with E-state index in [1.807, 2.05) is 12.1 Å². The molecule has 1 unspecified atom stereocenters. The van der Waals surface area contributed by atoms with Gasteiger partial charge in [-0.25, -0.2) is 4.79 Å². The van der Waals surface area contributed by atoms with Crippen LogP contribution in [0.3, 0.4) is 0 Å². The molecule has 218 valence electrons. The second kappa shape index (κ2) is 13.9. The Balaban J connectivity index is 1.85. The molecule has 0 heterocycles. The van der Waals surface area contributed by atoms with Gasteiger partial charge >= 0.3 is 5.97 Å². The molecule has 0 saturated carbocycles. The Morgan fingerprint density at radius 3 is 2.23 bits per heavy atom. The largest absolute Gasteiger partial charge is 0.478 e. The molecule has 0 fully saturated rings. The number of aromatic carboxylic acids is 1. The lowest BCUT2D eigenvalue weighted by Crippen LogP contribution is -2.34. The third-order valence-electron chi connectivity index (χ3n) is 8.07. The number of carboxylic acids is 1. The van der Waals surface area contributed by atoms with Crippen molar-refractivity contribution in [3.63, 3.8) is 0 Å². The predicted molar refractivity (Wildman–Crippen MR) is 160 cm³/mol. The molecule has 1 aliphatic carbocycles. The van der Waals surface area contributed by atoms with E-state index in [0.717, 1.165) is 37.7 Å². The fourth-order valence-corrected chi connectivity index (χ4v) is 5.36. The molecule has 0 spiro atoms. The van der Waals surface area contributed by atoms with E-state index >= 15 is 0 Å². The summed E-state index contributed by atoms with van der Waals surface area (Å²) in [4.78, 5) is 30.7. The highest BCUT2D eigenvalue weighted by atomic mass is 16.7. The van der Waals surface area contributed by atoms with Crippen molar-refractivity contribution in [1.82, 2.24) is 0 Å². The fraction of sp³-hybridized carbons (Fsp3) is 0.545. The van der Waals surface area contributed by atoms with E-state index in [2.05, 4.69) is 51.2 Å². The molecule has 3 rings (SSSR count). The van der Waals surface area contributed by atoms with Gasteiger partial charge in [0.2, 0.25) is 6.29 Å². The molecule has 1 aliphatic rings. The number of hydrogen-bond acceptors (Lipinski definition) is 5. The Morgan fingerprint density at radius 1 is 0.925 bits per heavy atom. The number of benzene rings is 2. The number of unbranched alkanes of at least 4 members (excludes halogenated alkanes) is 6. The summed E-state index contributed by atoms with van der Waals surface area (Å²) in [7, 11) is 0. The van der Waals surface area contributed by atoms with Gasteiger partial charge in [-0.05, 0) is 59.4 Å². The van der Waals surface area contributed by atoms with Gasteiger partial charge in [-0.1, -0.05) is 103 Å². The van der Waals surface area contributed by atoms with Crippen LogP contribution in [0, 0.1) is 0 Å². The Hall–Kier alpha value is -3.19. The number of carbonyl (C=O) groups excluding carboxylic acids is 1. The maximum atomic E-state index is 13.5. The summed E-state index contributed by atoms with van der Waals surface area (Å²) in [6.45, 7) is 11.1. The van der Waals surface area contributed by atoms with Gasteiger partial charge in [0, 0.05) is 12.0 Å². The zero-order chi connectivity index (χ0) is 29.3. The predicted octanol–water partition coefficient (Wildman–Crippen LogP) is 7.55. The molecule has 0 bridgehead atoms. The van der Waals surface area contributed by atoms with E-state index in [0.29, 0.717) is 12.0 Å². The number of para-hydroxylation sites is 1. The maximum absolute atomic E-state index is 13.5. The lowest BCUT2D eigenvalue weighted by atomic mass is 9.63. The van der Waals surface area contributed by atoms with E-state index in [-0.39, 0.29) is 27.8 Å². The number of aliphatic hydroxyl groups is 1. The molecule has 0 saturated heterocycles. The standard InChI is InChI=1S/C33H46N2O5/c1-6-7-8-9-10-11-12-17-28(36)40-35-29(30(37)34-27-16-14-13-15-24(27)31(38)39)23-18-19-25-26(22-23)33(4,5)21-20-32(25,2)3/h13-16,18-19,22,28,36H,6-12,17,20-21H2,1-5H3,(H,34,37)(H,38,39)/b35-29+. The first-order valence-corrected chi connectivity index (χ1v) is 14.7. The molecule has 3 N–H and O–H groups in total. The van der Waals surface area contributed by atoms with Crippen molar-refractivity contribution >= 4 is 23.3 Å². The number of fused-ring (bicyclic) bond motifs is 1. The van der Waals surface area contributed by atoms with Crippen LogP contribution < -0.4 is 5.32 Å². The number of anilines is 1. The van der Waals surface area contributed by atoms with Crippen molar-refractivity contribution in [2.75, 3.05) is 5.32 Å². The van der Waals surface area contributed by atoms with E-state index in [1.54, 1.807) is 12.1 Å². The highest BCUT2D eigenvalue weighted by Gasteiger charge is 2.37. The second-order valence-electron chi connectivity index (χ2n) is 12.2. The van der Waals surface area contributed by atoms with Crippen molar-refractivity contribution in [2.45, 2.75) is 116 Å². The van der Waals surface area contributed by atoms with Crippen LogP contribution in [0.15, 0.2) is 47.6 Å². The fourth-order valence-electron chi connectivity index (χ4n) is 5.36. The number of hydrogen-bond donors (Lipinski definition) is 3. The molecular weight excluding hydrogens is 504 g/mol. The minimum atomic E-state index is -1.14. The van der Waals surface area contributed by atoms with Crippen LogP contribution >= 0.6 is 0 Å². The van der Waals surface area contributed by atoms with Gasteiger partial charge in [0.25, 0.3) is 5.91 Å². The molecule has 2 aromatic rings. The van der Waals surface area contributed by atoms with E-state index in [1.165, 1.54) is 43.4 Å². The number of nitrogens with one attached hydrogen (secondary N) is 1. The Bertz CT molecular complexity index is 1200. The molecule has 7 nitrogen and oxygen atoms in total. The van der Waals surface area contributed by atoms with Crippen molar-refractivity contribution in [1.29, 1.82) is 0 Å². The molecule has 0 aliphatic heterocycles. The molecular formula is C33H46N2O5. The van der Waals surface area contributed by atoms with E-state index in [4.69, 9.17) is 4.84 Å². The quantitative estimate of drug-likeness (QED) is 0.0974. The van der Waals surface area contributed by atoms with Crippen LogP contribution in [0.2, 0.25) is 0 Å². The van der Waals surface area contributed by atoms with Crippen LogP contribution in [0.25, 0.3) is 0 Å². The average Bonchev–Trinajstić information content (AvgIpc) is 2.91. The normalized spacial score (nSPS) is 16.6. The zero-order valence-electron chi connectivity index (χ0n) is 24.8. The average molecular weight is 551 g/mol. The van der Waals surface area contributed by atoms with Crippen LogP contribution in [-0.4, -0.2) is 34.1 Å². The first-order chi connectivity index (χ1) is 19.0. The third kappa shape index (κ3) is 8.17. The summed E-state index contributed by atoms with van der Waals surface area (Å²) in [6, 6.07) is 12.1. The van der Waals surface area contributed by atoms with Crippen molar-refractivity contribution in [3.8, 4) is 0 Å². The highest BCUT2D eigenvalue weighted by Crippen LogP contribution is 2.46. The number of carbonyl (C=O) groups is 2. The van der Waals surface area contributed by atoms with Crippen molar-refractivity contribution in [3.05, 3.63) is 64.7 Å². The van der Waals surface area contributed by atoms with Gasteiger partial charge in [-0.3, -0.25) is 4.79 Å². The van der Waals surface area contributed by atoms with E-state index < -0.39 is 18.2 Å². The first kappa shape index (κ1) is 31.3. The van der Waals surface area contributed by atoms with Crippen molar-refractivity contribution in [2.24, 2.45) is 5.16 Å². The first-order valence-electron chi connectivity index (χ1n) is 14.7. The summed E-state index contributed by atoms with van der Waals surface area (Å²) >= 11 is 0. The Kier molecular flexibility index (Phi) is 10.9. The topological polar surface area (TPSA) is 108 Å². The Labute approximate surface area is 239 Å². The summed E-state index contributed by atoms with van der Waals surface area (Å²) < 4.78 is 0. The number of rotatable bonds is 14. The lowest BCUT2D eigenvalue weighted by Gasteiger charge is -2.42. The van der Waals surface area contributed by atoms with Gasteiger partial charge in [-0.15, -0.1) is 0 Å². The maximum Gasteiger partial charge on any atom is 0.337 e. The highest BCUT2D eigenvalue weighted by molar-refractivity contribution is 6.49. The SMILES string of the molecule is CCCCCCCCCC(O)O/N=C(/C(=O)Nc1ccccc1C(=O)O)c1ccc2c(c1)C(C)(C)CCC2(C)C. The molecule has 0 aromatic heterocycles. The van der Waals surface area contributed by atoms with Crippen molar-refractivity contribution < 1.29 is 24.6 Å². The van der Waals surface area contributed by atoms with Gasteiger partial charge in [0.1, 0.15) is 0 Å². The number of carboxylic acid groups (broad SMARTS) is 1. The molecule has 1 atom stereocenters. The van der Waals surface area contributed by atoms with Crippen LogP contribution in [0.5, 0.6) is 0 Å². The van der Waals surface area contributed by atoms with Crippen LogP contribution in [0.1, 0.15) is 126 Å². The van der Waals surface area contributed by atoms with Gasteiger partial charge < -0.3 is 20.4 Å². The zero-order valence-corrected chi connectivity index (χ0v) is 24.8. The third-order valence-corrected chi connectivity index (χ3v) is 8.07. The number of amides is 1. The summed E-state index contributed by atoms with van der Waals surface area (Å²) in [5.41, 5.74) is 2.99. The minimum Gasteiger partial charge on any atom is -0.478 e. The summed E-state index contributed by atoms with van der Waals surface area (Å²) in [5.74, 6) is -1.75. The van der Waals surface area contributed by atoms with Gasteiger partial charge in [0.05, 0.1) is 11.3 Å². The van der Waals surface area contributed by atoms with Gasteiger partial charge in [0.15, 0.2) is 5.71 Å². The monoisotopic (exact) mass is 550 g/mol. The number of nitrogens with zero attached hydrogens (tertiary/aromatic N) is 1. The number of oxime groups is 1. The number of aliphatic hydroxyl groups excluding tert-OH is 1. The molecule has 40 heavy (non-hydrogen) atoms. The smallest absolute Gasteiger partial charge is 0.337 e.